The fraction of sp³-hybridized carbons (Fsp3) is 0.485. The van der Waals surface area contributed by atoms with Crippen LogP contribution in [-0.2, 0) is 28.2 Å². The van der Waals surface area contributed by atoms with Crippen molar-refractivity contribution in [2.45, 2.75) is 80.7 Å². The molecule has 5 aliphatic heterocycles. The molecule has 0 N–H and O–H groups in total. The third-order valence-corrected chi connectivity index (χ3v) is 15.6. The molecule has 0 radical (unpaired) electrons. The van der Waals surface area contributed by atoms with E-state index in [4.69, 9.17) is 23.4 Å². The van der Waals surface area contributed by atoms with E-state index in [-0.39, 0.29) is 17.1 Å². The Bertz CT molecular complexity index is 1380. The van der Waals surface area contributed by atoms with Crippen molar-refractivity contribution < 1.29 is 28.2 Å². The quantitative estimate of drug-likeness (QED) is 0.320. The maximum atomic E-state index is 14.3. The molecule has 2 aromatic rings. The normalized spacial score (nSPS) is 36.9. The Morgan fingerprint density at radius 1 is 0.925 bits per heavy atom. The average Bonchev–Trinajstić information content (AvgIpc) is 3.71. The Kier molecular flexibility index (Phi) is 5.06. The molecular formula is C33H36O6Si. The van der Waals surface area contributed by atoms with Crippen molar-refractivity contribution in [3.8, 4) is 0 Å². The summed E-state index contributed by atoms with van der Waals surface area (Å²) in [7, 11) is -2.92. The first-order valence-electron chi connectivity index (χ1n) is 14.6. The van der Waals surface area contributed by atoms with Crippen LogP contribution in [0.5, 0.6) is 0 Å². The van der Waals surface area contributed by atoms with Gasteiger partial charge < -0.3 is 23.4 Å². The predicted molar refractivity (Wildman–Crippen MR) is 152 cm³/mol. The van der Waals surface area contributed by atoms with Crippen LogP contribution in [0.2, 0.25) is 5.04 Å². The SMILES string of the molecule is CC(C)(C)[Si](O[C@H]1CCC2=C[C@@]34CCC5(OCCO5)[C@@]35C=C[C@H](O5)[C@@]21OC4=O)(c1ccccc1)c1ccccc1. The van der Waals surface area contributed by atoms with E-state index in [1.54, 1.807) is 0 Å². The maximum absolute atomic E-state index is 14.3. The zero-order valence-corrected chi connectivity index (χ0v) is 24.4. The van der Waals surface area contributed by atoms with Gasteiger partial charge in [0.25, 0.3) is 8.32 Å². The number of carbonyl (C=O) groups is 1. The summed E-state index contributed by atoms with van der Waals surface area (Å²) >= 11 is 0. The van der Waals surface area contributed by atoms with Crippen LogP contribution in [0.4, 0.5) is 0 Å². The van der Waals surface area contributed by atoms with Crippen LogP contribution in [0.1, 0.15) is 46.5 Å². The maximum Gasteiger partial charge on any atom is 0.320 e. The van der Waals surface area contributed by atoms with E-state index in [2.05, 4.69) is 99.7 Å². The second kappa shape index (κ2) is 8.05. The highest BCUT2D eigenvalue weighted by molar-refractivity contribution is 6.99. The van der Waals surface area contributed by atoms with Gasteiger partial charge in [-0.2, -0.15) is 0 Å². The van der Waals surface area contributed by atoms with E-state index in [1.165, 1.54) is 10.4 Å². The lowest BCUT2D eigenvalue weighted by Crippen LogP contribution is -2.70. The summed E-state index contributed by atoms with van der Waals surface area (Å²) in [6, 6.07) is 21.3. The summed E-state index contributed by atoms with van der Waals surface area (Å²) in [5, 5.41) is 2.21. The van der Waals surface area contributed by atoms with Crippen LogP contribution in [0.3, 0.4) is 0 Å². The molecule has 4 bridgehead atoms. The largest absolute Gasteiger partial charge is 0.448 e. The molecule has 0 amide bonds. The van der Waals surface area contributed by atoms with E-state index < -0.39 is 36.8 Å². The minimum atomic E-state index is -2.92. The molecule has 4 fully saturated rings. The Balaban J connectivity index is 1.30. The van der Waals surface area contributed by atoms with E-state index in [0.717, 1.165) is 18.4 Å². The number of hydrogen-bond donors (Lipinski definition) is 0. The van der Waals surface area contributed by atoms with Crippen molar-refractivity contribution in [3.63, 3.8) is 0 Å². The molecule has 4 spiro atoms. The van der Waals surface area contributed by atoms with Gasteiger partial charge in [0.2, 0.25) is 5.79 Å². The number of rotatable bonds is 4. The Labute approximate surface area is 236 Å². The zero-order chi connectivity index (χ0) is 27.4. The van der Waals surface area contributed by atoms with Crippen molar-refractivity contribution in [3.05, 3.63) is 84.5 Å². The topological polar surface area (TPSA) is 63.2 Å². The van der Waals surface area contributed by atoms with Gasteiger partial charge in [-0.25, -0.2) is 0 Å². The smallest absolute Gasteiger partial charge is 0.320 e. The number of benzene rings is 2. The summed E-state index contributed by atoms with van der Waals surface area (Å²) < 4.78 is 33.9. The van der Waals surface area contributed by atoms with Crippen LogP contribution in [0.15, 0.2) is 84.5 Å². The van der Waals surface area contributed by atoms with Gasteiger partial charge >= 0.3 is 5.97 Å². The summed E-state index contributed by atoms with van der Waals surface area (Å²) in [5.74, 6) is -1.20. The van der Waals surface area contributed by atoms with Gasteiger partial charge in [0.05, 0.1) is 19.3 Å². The Hall–Kier alpha value is -2.55. The molecule has 2 saturated carbocycles. The third kappa shape index (κ3) is 2.76. The lowest BCUT2D eigenvalue weighted by Gasteiger charge is -2.49. The molecule has 2 saturated heterocycles. The second-order valence-electron chi connectivity index (χ2n) is 13.2. The molecule has 5 heterocycles. The molecule has 7 heteroatoms. The molecule has 208 valence electrons. The van der Waals surface area contributed by atoms with Gasteiger partial charge in [-0.15, -0.1) is 0 Å². The van der Waals surface area contributed by atoms with Crippen LogP contribution >= 0.6 is 0 Å². The van der Waals surface area contributed by atoms with E-state index >= 15 is 0 Å². The summed E-state index contributed by atoms with van der Waals surface area (Å²) in [6.45, 7) is 7.83. The summed E-state index contributed by atoms with van der Waals surface area (Å²) in [6.07, 6.45) is 8.24. The number of esters is 1. The number of ether oxygens (including phenoxy) is 4. The van der Waals surface area contributed by atoms with Gasteiger partial charge in [-0.1, -0.05) is 93.6 Å². The molecular weight excluding hydrogens is 520 g/mol. The van der Waals surface area contributed by atoms with Crippen molar-refractivity contribution in [1.29, 1.82) is 0 Å². The minimum absolute atomic E-state index is 0.205. The van der Waals surface area contributed by atoms with Gasteiger partial charge in [0, 0.05) is 6.42 Å². The van der Waals surface area contributed by atoms with Gasteiger partial charge in [0.15, 0.2) is 11.2 Å². The fourth-order valence-corrected chi connectivity index (χ4v) is 13.6. The Morgan fingerprint density at radius 3 is 2.20 bits per heavy atom. The van der Waals surface area contributed by atoms with Crippen LogP contribution in [-0.4, -0.2) is 56.7 Å². The van der Waals surface area contributed by atoms with Gasteiger partial charge in [-0.05, 0) is 46.3 Å². The highest BCUT2D eigenvalue weighted by Gasteiger charge is 2.82. The average molecular weight is 557 g/mol. The van der Waals surface area contributed by atoms with Crippen LogP contribution in [0, 0.1) is 5.41 Å². The monoisotopic (exact) mass is 556 g/mol. The van der Waals surface area contributed by atoms with Gasteiger partial charge in [0.1, 0.15) is 11.5 Å². The standard InChI is InChI=1S/C33H36O6Si/c1-29(2,3)40(24-10-6-4-7-11-24,25-12-8-5-9-13-25)39-27-15-14-23-22-30-18-19-32(35-20-21-36-32)31(30)17-16-26(37-31)33(23,27)38-28(30)34/h4-13,16-17,22,26-27H,14-15,18-21H2,1-3H3/t26-,27-,30+,31+,33-/m0/s1. The number of carbonyl (C=O) groups excluding carboxylic acids is 1. The minimum Gasteiger partial charge on any atom is -0.448 e. The molecule has 2 aliphatic carbocycles. The highest BCUT2D eigenvalue weighted by atomic mass is 28.4. The van der Waals surface area contributed by atoms with Crippen LogP contribution in [0.25, 0.3) is 0 Å². The Morgan fingerprint density at radius 2 is 1.57 bits per heavy atom. The lowest BCUT2D eigenvalue weighted by atomic mass is 9.68. The first-order valence-corrected chi connectivity index (χ1v) is 16.5. The highest BCUT2D eigenvalue weighted by Crippen LogP contribution is 2.69. The molecule has 0 aromatic heterocycles. The van der Waals surface area contributed by atoms with Crippen molar-refractivity contribution >= 4 is 24.7 Å². The van der Waals surface area contributed by atoms with Crippen molar-refractivity contribution in [1.82, 2.24) is 0 Å². The van der Waals surface area contributed by atoms with Gasteiger partial charge in [-0.3, -0.25) is 4.79 Å². The fourth-order valence-electron chi connectivity index (χ4n) is 8.82. The summed E-state index contributed by atoms with van der Waals surface area (Å²) in [5.41, 5.74) is -1.87. The zero-order valence-electron chi connectivity index (χ0n) is 23.4. The van der Waals surface area contributed by atoms with Crippen LogP contribution < -0.4 is 10.4 Å². The second-order valence-corrected chi connectivity index (χ2v) is 17.5. The third-order valence-electron chi connectivity index (χ3n) is 10.5. The lowest BCUT2D eigenvalue weighted by molar-refractivity contribution is -0.267. The first kappa shape index (κ1) is 25.2. The molecule has 2 aromatic carbocycles. The van der Waals surface area contributed by atoms with E-state index in [1.807, 2.05) is 0 Å². The molecule has 9 rings (SSSR count). The molecule has 40 heavy (non-hydrogen) atoms. The summed E-state index contributed by atoms with van der Waals surface area (Å²) in [4.78, 5) is 14.3. The molecule has 0 unspecified atom stereocenters. The number of fused-ring (bicyclic) bond motifs is 1. The molecule has 5 atom stereocenters. The molecule has 6 nitrogen and oxygen atoms in total. The first-order chi connectivity index (χ1) is 19.2. The molecule has 7 aliphatic rings. The van der Waals surface area contributed by atoms with E-state index in [9.17, 15) is 4.79 Å². The van der Waals surface area contributed by atoms with Crippen molar-refractivity contribution in [2.75, 3.05) is 13.2 Å². The number of hydrogen-bond acceptors (Lipinski definition) is 6. The van der Waals surface area contributed by atoms with E-state index in [0.29, 0.717) is 26.1 Å². The predicted octanol–water partition coefficient (Wildman–Crippen LogP) is 4.18. The van der Waals surface area contributed by atoms with Crippen molar-refractivity contribution in [2.24, 2.45) is 5.41 Å².